The first-order valence-corrected chi connectivity index (χ1v) is 4.83. The monoisotopic (exact) mass is 245 g/mol. The third-order valence-corrected chi connectivity index (χ3v) is 2.55. The second-order valence-corrected chi connectivity index (χ2v) is 3.82. The van der Waals surface area contributed by atoms with Crippen LogP contribution in [0.1, 0.15) is 6.42 Å². The maximum Gasteiger partial charge on any atom is 0.235 e. The molecule has 0 spiro atoms. The van der Waals surface area contributed by atoms with Crippen LogP contribution < -0.4 is 4.90 Å². The van der Waals surface area contributed by atoms with Gasteiger partial charge in [-0.25, -0.2) is 8.78 Å². The number of nitrogens with zero attached hydrogens (tertiary/aromatic N) is 1. The van der Waals surface area contributed by atoms with Gasteiger partial charge in [-0.3, -0.25) is 9.59 Å². The van der Waals surface area contributed by atoms with Crippen molar-refractivity contribution in [3.05, 3.63) is 28.8 Å². The summed E-state index contributed by atoms with van der Waals surface area (Å²) in [5, 5.41) is -0.288. The molecule has 2 rings (SSSR count). The normalized spacial score (nSPS) is 16.1. The Morgan fingerprint density at radius 1 is 1.19 bits per heavy atom. The molecule has 1 saturated heterocycles. The number of anilines is 1. The first-order chi connectivity index (χ1) is 7.49. The van der Waals surface area contributed by atoms with Crippen LogP contribution >= 0.6 is 11.6 Å². The Bertz CT molecular complexity index is 490. The van der Waals surface area contributed by atoms with E-state index in [4.69, 9.17) is 11.6 Å². The lowest BCUT2D eigenvalue weighted by molar-refractivity contribution is -0.121. The molecule has 1 aliphatic heterocycles. The standard InChI is InChI=1S/C10H6ClF2NO2/c11-6-2-9(8(13)3-7(6)12)14-4-5(15)1-10(14)16/h2-3H,1,4H2. The molecule has 0 aromatic heterocycles. The molecule has 0 radical (unpaired) electrons. The van der Waals surface area contributed by atoms with E-state index in [9.17, 15) is 18.4 Å². The van der Waals surface area contributed by atoms with Crippen LogP contribution in [0, 0.1) is 11.6 Å². The van der Waals surface area contributed by atoms with Gasteiger partial charge in [0.15, 0.2) is 5.78 Å². The van der Waals surface area contributed by atoms with E-state index in [1.807, 2.05) is 0 Å². The summed E-state index contributed by atoms with van der Waals surface area (Å²) in [6.07, 6.45) is -0.256. The van der Waals surface area contributed by atoms with Crippen LogP contribution in [-0.2, 0) is 9.59 Å². The number of amides is 1. The summed E-state index contributed by atoms with van der Waals surface area (Å²) in [6, 6.07) is 1.59. The van der Waals surface area contributed by atoms with E-state index in [-0.39, 0.29) is 29.5 Å². The summed E-state index contributed by atoms with van der Waals surface area (Å²) in [7, 11) is 0. The fraction of sp³-hybridized carbons (Fsp3) is 0.200. The van der Waals surface area contributed by atoms with Gasteiger partial charge in [0.2, 0.25) is 5.91 Å². The predicted octanol–water partition coefficient (Wildman–Crippen LogP) is 1.92. The molecule has 1 aromatic carbocycles. The van der Waals surface area contributed by atoms with Gasteiger partial charge in [0.1, 0.15) is 11.6 Å². The van der Waals surface area contributed by atoms with Gasteiger partial charge in [0.25, 0.3) is 0 Å². The molecule has 1 aromatic rings. The number of ketones is 1. The van der Waals surface area contributed by atoms with Crippen LogP contribution in [0.5, 0.6) is 0 Å². The Hall–Kier alpha value is -1.49. The summed E-state index contributed by atoms with van der Waals surface area (Å²) in [5.74, 6) is -2.62. The minimum atomic E-state index is -0.912. The fourth-order valence-corrected chi connectivity index (χ4v) is 1.68. The minimum absolute atomic E-state index is 0.165. The summed E-state index contributed by atoms with van der Waals surface area (Å²) in [4.78, 5) is 23.3. The molecule has 84 valence electrons. The molecule has 1 fully saturated rings. The van der Waals surface area contributed by atoms with Crippen molar-refractivity contribution in [2.75, 3.05) is 11.4 Å². The van der Waals surface area contributed by atoms with Gasteiger partial charge in [-0.1, -0.05) is 11.6 Å². The number of hydrogen-bond acceptors (Lipinski definition) is 2. The van der Waals surface area contributed by atoms with Crippen molar-refractivity contribution in [2.45, 2.75) is 6.42 Å². The van der Waals surface area contributed by atoms with Crippen molar-refractivity contribution in [3.63, 3.8) is 0 Å². The molecule has 0 saturated carbocycles. The van der Waals surface area contributed by atoms with E-state index >= 15 is 0 Å². The molecule has 6 heteroatoms. The second-order valence-electron chi connectivity index (χ2n) is 3.41. The predicted molar refractivity (Wildman–Crippen MR) is 53.3 cm³/mol. The van der Waals surface area contributed by atoms with Crippen LogP contribution in [0.2, 0.25) is 5.02 Å². The molecule has 1 amide bonds. The summed E-state index contributed by atoms with van der Waals surface area (Å²) >= 11 is 5.48. The zero-order chi connectivity index (χ0) is 11.9. The lowest BCUT2D eigenvalue weighted by Crippen LogP contribution is -2.25. The number of rotatable bonds is 1. The maximum absolute atomic E-state index is 13.4. The van der Waals surface area contributed by atoms with Crippen molar-refractivity contribution in [1.29, 1.82) is 0 Å². The zero-order valence-electron chi connectivity index (χ0n) is 7.97. The van der Waals surface area contributed by atoms with Gasteiger partial charge in [0.05, 0.1) is 23.7 Å². The molecule has 0 unspecified atom stereocenters. The lowest BCUT2D eigenvalue weighted by atomic mass is 10.2. The smallest absolute Gasteiger partial charge is 0.235 e. The quantitative estimate of drug-likeness (QED) is 0.560. The average molecular weight is 246 g/mol. The van der Waals surface area contributed by atoms with E-state index in [0.717, 1.165) is 11.0 Å². The molecule has 3 nitrogen and oxygen atoms in total. The highest BCUT2D eigenvalue weighted by molar-refractivity contribution is 6.31. The van der Waals surface area contributed by atoms with Gasteiger partial charge in [-0.05, 0) is 6.07 Å². The Labute approximate surface area is 94.6 Å². The first kappa shape index (κ1) is 11.0. The molecule has 0 aliphatic carbocycles. The largest absolute Gasteiger partial charge is 0.302 e. The highest BCUT2D eigenvalue weighted by Gasteiger charge is 2.30. The Kier molecular flexibility index (Phi) is 2.63. The topological polar surface area (TPSA) is 37.4 Å². The SMILES string of the molecule is O=C1CC(=O)N(c2cc(Cl)c(F)cc2F)C1. The van der Waals surface area contributed by atoms with Crippen LogP contribution in [0.25, 0.3) is 0 Å². The molecule has 16 heavy (non-hydrogen) atoms. The van der Waals surface area contributed by atoms with Gasteiger partial charge < -0.3 is 4.90 Å². The highest BCUT2D eigenvalue weighted by atomic mass is 35.5. The van der Waals surface area contributed by atoms with Crippen molar-refractivity contribution in [1.82, 2.24) is 0 Å². The van der Waals surface area contributed by atoms with Crippen LogP contribution in [0.15, 0.2) is 12.1 Å². The van der Waals surface area contributed by atoms with Gasteiger partial charge in [-0.15, -0.1) is 0 Å². The van der Waals surface area contributed by atoms with Crippen molar-refractivity contribution >= 4 is 29.0 Å². The highest BCUT2D eigenvalue weighted by Crippen LogP contribution is 2.28. The summed E-state index contributed by atoms with van der Waals surface area (Å²) in [5.41, 5.74) is -0.165. The zero-order valence-corrected chi connectivity index (χ0v) is 8.72. The Balaban J connectivity index is 2.45. The van der Waals surface area contributed by atoms with E-state index in [1.165, 1.54) is 0 Å². The number of carbonyl (C=O) groups excluding carboxylic acids is 2. The van der Waals surface area contributed by atoms with Gasteiger partial charge in [0, 0.05) is 6.07 Å². The van der Waals surface area contributed by atoms with E-state index in [0.29, 0.717) is 6.07 Å². The van der Waals surface area contributed by atoms with Gasteiger partial charge in [-0.2, -0.15) is 0 Å². The number of carbonyl (C=O) groups is 2. The average Bonchev–Trinajstić information content (AvgIpc) is 2.51. The molecular weight excluding hydrogens is 240 g/mol. The van der Waals surface area contributed by atoms with Crippen LogP contribution in [0.3, 0.4) is 0 Å². The fourth-order valence-electron chi connectivity index (χ4n) is 1.52. The molecule has 1 aliphatic rings. The third kappa shape index (κ3) is 1.78. The summed E-state index contributed by atoms with van der Waals surface area (Å²) in [6.45, 7) is -0.197. The third-order valence-electron chi connectivity index (χ3n) is 2.26. The number of benzene rings is 1. The van der Waals surface area contributed by atoms with E-state index in [1.54, 1.807) is 0 Å². The maximum atomic E-state index is 13.4. The van der Waals surface area contributed by atoms with Crippen LogP contribution in [0.4, 0.5) is 14.5 Å². The second kappa shape index (κ2) is 3.83. The first-order valence-electron chi connectivity index (χ1n) is 4.45. The minimum Gasteiger partial charge on any atom is -0.302 e. The number of Topliss-reactive ketones (excluding diaryl/α,β-unsaturated/α-hetero) is 1. The lowest BCUT2D eigenvalue weighted by Gasteiger charge is -2.15. The van der Waals surface area contributed by atoms with Crippen LogP contribution in [-0.4, -0.2) is 18.2 Å². The van der Waals surface area contributed by atoms with Crippen molar-refractivity contribution in [3.8, 4) is 0 Å². The van der Waals surface area contributed by atoms with E-state index in [2.05, 4.69) is 0 Å². The Morgan fingerprint density at radius 3 is 2.44 bits per heavy atom. The Morgan fingerprint density at radius 2 is 1.88 bits per heavy atom. The molecular formula is C10H6ClF2NO2. The number of hydrogen-bond donors (Lipinski definition) is 0. The molecule has 1 heterocycles. The number of halogens is 3. The van der Waals surface area contributed by atoms with Gasteiger partial charge >= 0.3 is 0 Å². The summed E-state index contributed by atoms with van der Waals surface area (Å²) < 4.78 is 26.3. The van der Waals surface area contributed by atoms with E-state index < -0.39 is 17.5 Å². The molecule has 0 atom stereocenters. The van der Waals surface area contributed by atoms with Crippen molar-refractivity contribution in [2.24, 2.45) is 0 Å². The van der Waals surface area contributed by atoms with Crippen molar-refractivity contribution < 1.29 is 18.4 Å². The molecule has 0 N–H and O–H groups in total. The molecule has 0 bridgehead atoms.